The van der Waals surface area contributed by atoms with Crippen LogP contribution >= 0.6 is 11.6 Å². The summed E-state index contributed by atoms with van der Waals surface area (Å²) in [5.41, 5.74) is -0.156. The van der Waals surface area contributed by atoms with Crippen molar-refractivity contribution in [3.8, 4) is 11.8 Å². The highest BCUT2D eigenvalue weighted by molar-refractivity contribution is 6.31. The lowest BCUT2D eigenvalue weighted by Crippen LogP contribution is -2.51. The van der Waals surface area contributed by atoms with E-state index < -0.39 is 23.6 Å². The van der Waals surface area contributed by atoms with Gasteiger partial charge in [-0.3, -0.25) is 4.79 Å². The van der Waals surface area contributed by atoms with Crippen molar-refractivity contribution >= 4 is 28.5 Å². The lowest BCUT2D eigenvalue weighted by atomic mass is 9.89. The quantitative estimate of drug-likeness (QED) is 0.545. The third kappa shape index (κ3) is 5.88. The summed E-state index contributed by atoms with van der Waals surface area (Å²) in [4.78, 5) is 14.1. The molecule has 7 nitrogen and oxygen atoms in total. The van der Waals surface area contributed by atoms with Crippen LogP contribution in [0, 0.1) is 17.2 Å². The number of benzene rings is 2. The topological polar surface area (TPSA) is 92.8 Å². The summed E-state index contributed by atoms with van der Waals surface area (Å²) in [6, 6.07) is 11.6. The summed E-state index contributed by atoms with van der Waals surface area (Å²) in [6.07, 6.45) is -4.54. The molecule has 0 aliphatic carbocycles. The number of hydrogen-bond donors (Lipinski definition) is 1. The van der Waals surface area contributed by atoms with Crippen molar-refractivity contribution in [3.63, 3.8) is 0 Å². The number of halogens is 4. The van der Waals surface area contributed by atoms with Crippen LogP contribution in [0.2, 0.25) is 5.02 Å². The molecule has 1 atom stereocenters. The van der Waals surface area contributed by atoms with Gasteiger partial charge in [0.2, 0.25) is 0 Å². The average molecular weight is 466 g/mol. The first-order valence-electron chi connectivity index (χ1n) is 9.58. The monoisotopic (exact) mass is 465 g/mol. The van der Waals surface area contributed by atoms with E-state index >= 15 is 0 Å². The highest BCUT2D eigenvalue weighted by atomic mass is 35.5. The highest BCUT2D eigenvalue weighted by Crippen LogP contribution is 2.24. The molecule has 0 aliphatic rings. The first-order chi connectivity index (χ1) is 15.0. The Hall–Kier alpha value is -3.32. The summed E-state index contributed by atoms with van der Waals surface area (Å²) in [5, 5.41) is 21.8. The predicted octanol–water partition coefficient (Wildman–Crippen LogP) is 4.72. The Balaban J connectivity index is 1.84. The molecule has 0 spiro atoms. The molecule has 3 aromatic rings. The molecule has 11 heteroatoms. The third-order valence-corrected chi connectivity index (χ3v) is 4.70. The Labute approximate surface area is 186 Å². The van der Waals surface area contributed by atoms with Crippen molar-refractivity contribution in [2.45, 2.75) is 38.7 Å². The normalized spacial score (nSPS) is 13.6. The Bertz CT molecular complexity index is 1150. The number of carbonyl (C=O) groups excluding carboxylic acids is 1. The second-order valence-electron chi connectivity index (χ2n) is 7.68. The maximum Gasteiger partial charge on any atom is 0.573 e. The van der Waals surface area contributed by atoms with Gasteiger partial charge in [0.05, 0.1) is 12.6 Å². The molecule has 32 heavy (non-hydrogen) atoms. The van der Waals surface area contributed by atoms with Gasteiger partial charge in [0.25, 0.3) is 5.91 Å². The Morgan fingerprint density at radius 2 is 1.84 bits per heavy atom. The number of rotatable bonds is 7. The zero-order valence-corrected chi connectivity index (χ0v) is 17.9. The van der Waals surface area contributed by atoms with E-state index in [-0.39, 0.29) is 18.0 Å². The van der Waals surface area contributed by atoms with Crippen LogP contribution in [0.15, 0.2) is 42.5 Å². The van der Waals surface area contributed by atoms with Gasteiger partial charge in [0.1, 0.15) is 22.3 Å². The number of ether oxygens (including phenoxy) is 1. The summed E-state index contributed by atoms with van der Waals surface area (Å²) in [5.74, 6) is -1.03. The minimum atomic E-state index is -4.83. The van der Waals surface area contributed by atoms with Gasteiger partial charge in [-0.05, 0) is 54.8 Å². The van der Waals surface area contributed by atoms with Gasteiger partial charge < -0.3 is 10.1 Å². The van der Waals surface area contributed by atoms with E-state index in [9.17, 15) is 23.2 Å². The van der Waals surface area contributed by atoms with Crippen LogP contribution in [0.25, 0.3) is 11.0 Å². The molecule has 2 aromatic carbocycles. The molecule has 1 heterocycles. The maximum absolute atomic E-state index is 12.8. The van der Waals surface area contributed by atoms with Crippen molar-refractivity contribution in [2.75, 3.05) is 0 Å². The second-order valence-corrected chi connectivity index (χ2v) is 8.12. The fourth-order valence-corrected chi connectivity index (χ4v) is 3.47. The largest absolute Gasteiger partial charge is 0.573 e. The first-order valence-corrected chi connectivity index (χ1v) is 9.96. The Morgan fingerprint density at radius 3 is 2.44 bits per heavy atom. The van der Waals surface area contributed by atoms with E-state index in [0.29, 0.717) is 22.5 Å². The van der Waals surface area contributed by atoms with E-state index in [1.165, 1.54) is 16.9 Å². The summed E-state index contributed by atoms with van der Waals surface area (Å²) in [7, 11) is 0. The van der Waals surface area contributed by atoms with Crippen molar-refractivity contribution < 1.29 is 22.7 Å². The van der Waals surface area contributed by atoms with E-state index in [1.54, 1.807) is 18.2 Å². The van der Waals surface area contributed by atoms with Crippen LogP contribution in [-0.4, -0.2) is 32.8 Å². The number of nitriles is 1. The number of aromatic nitrogens is 3. The molecule has 0 bridgehead atoms. The maximum atomic E-state index is 12.8. The molecule has 0 radical (unpaired) electrons. The molecule has 168 valence electrons. The van der Waals surface area contributed by atoms with Crippen molar-refractivity contribution in [3.05, 3.63) is 53.1 Å². The Morgan fingerprint density at radius 1 is 1.19 bits per heavy atom. The van der Waals surface area contributed by atoms with Gasteiger partial charge >= 0.3 is 6.36 Å². The number of fused-ring (bicyclic) bond motifs is 1. The summed E-state index contributed by atoms with van der Waals surface area (Å²) in [6.45, 7) is 3.76. The molecular weight excluding hydrogens is 447 g/mol. The van der Waals surface area contributed by atoms with E-state index in [4.69, 9.17) is 11.6 Å². The van der Waals surface area contributed by atoms with Crippen LogP contribution in [-0.2, 0) is 6.54 Å². The SMILES string of the molecule is CC(C)CC(C#N)(Cn1nc2ccc(Cl)cc2n1)NC(=O)c1ccc(OC(F)(F)F)cc1. The fourth-order valence-electron chi connectivity index (χ4n) is 3.30. The first kappa shape index (κ1) is 23.3. The summed E-state index contributed by atoms with van der Waals surface area (Å²) >= 11 is 5.98. The van der Waals surface area contributed by atoms with Gasteiger partial charge in [-0.25, -0.2) is 0 Å². The lowest BCUT2D eigenvalue weighted by Gasteiger charge is -2.29. The molecule has 3 rings (SSSR count). The summed E-state index contributed by atoms with van der Waals surface area (Å²) < 4.78 is 40.8. The molecule has 0 fully saturated rings. The van der Waals surface area contributed by atoms with Gasteiger partial charge in [-0.15, -0.1) is 13.2 Å². The third-order valence-electron chi connectivity index (χ3n) is 4.47. The van der Waals surface area contributed by atoms with Crippen LogP contribution < -0.4 is 10.1 Å². The minimum Gasteiger partial charge on any atom is -0.406 e. The van der Waals surface area contributed by atoms with Gasteiger partial charge in [0.15, 0.2) is 0 Å². The molecule has 1 N–H and O–H groups in total. The van der Waals surface area contributed by atoms with Crippen LogP contribution in [0.1, 0.15) is 30.6 Å². The lowest BCUT2D eigenvalue weighted by molar-refractivity contribution is -0.274. The Kier molecular flexibility index (Phi) is 6.60. The van der Waals surface area contributed by atoms with E-state index in [0.717, 1.165) is 12.1 Å². The van der Waals surface area contributed by atoms with E-state index in [1.807, 2.05) is 13.8 Å². The van der Waals surface area contributed by atoms with E-state index in [2.05, 4.69) is 26.3 Å². The van der Waals surface area contributed by atoms with Crippen LogP contribution in [0.5, 0.6) is 5.75 Å². The van der Waals surface area contributed by atoms with Crippen LogP contribution in [0.3, 0.4) is 0 Å². The smallest absolute Gasteiger partial charge is 0.406 e. The van der Waals surface area contributed by atoms with Crippen molar-refractivity contribution in [2.24, 2.45) is 5.92 Å². The molecule has 1 amide bonds. The average Bonchev–Trinajstić information content (AvgIpc) is 3.07. The van der Waals surface area contributed by atoms with Crippen LogP contribution in [0.4, 0.5) is 13.2 Å². The predicted molar refractivity (Wildman–Crippen MR) is 111 cm³/mol. The minimum absolute atomic E-state index is 0.0328. The second kappa shape index (κ2) is 9.04. The number of nitrogens with zero attached hydrogens (tertiary/aromatic N) is 4. The molecule has 0 saturated heterocycles. The highest BCUT2D eigenvalue weighted by Gasteiger charge is 2.35. The zero-order chi connectivity index (χ0) is 23.5. The van der Waals surface area contributed by atoms with Gasteiger partial charge in [0, 0.05) is 10.6 Å². The number of amides is 1. The standard InChI is InChI=1S/C21H19ClF3N5O2/c1-13(2)10-20(11-26,12-30-28-17-8-5-15(22)9-18(17)29-30)27-19(31)14-3-6-16(7-4-14)32-21(23,24)25/h3-9,13H,10,12H2,1-2H3,(H,27,31). The number of alkyl halides is 3. The molecule has 1 aromatic heterocycles. The number of carbonyl (C=O) groups is 1. The fraction of sp³-hybridized carbons (Fsp3) is 0.333. The van der Waals surface area contributed by atoms with Gasteiger partial charge in [-0.1, -0.05) is 25.4 Å². The molecule has 0 aliphatic heterocycles. The number of nitrogens with one attached hydrogen (secondary N) is 1. The molecule has 0 saturated carbocycles. The molecule has 1 unspecified atom stereocenters. The molecular formula is C21H19ClF3N5O2. The van der Waals surface area contributed by atoms with Crippen molar-refractivity contribution in [1.29, 1.82) is 5.26 Å². The van der Waals surface area contributed by atoms with Gasteiger partial charge in [-0.2, -0.15) is 20.3 Å². The zero-order valence-electron chi connectivity index (χ0n) is 17.2. The number of hydrogen-bond acceptors (Lipinski definition) is 5. The van der Waals surface area contributed by atoms with Crippen molar-refractivity contribution in [1.82, 2.24) is 20.3 Å².